The summed E-state index contributed by atoms with van der Waals surface area (Å²) in [6.07, 6.45) is -4.12. The first-order valence-corrected chi connectivity index (χ1v) is 9.02. The number of rotatable bonds is 12. The number of hydrogen-bond donors (Lipinski definition) is 6. The number of benzene rings is 1. The van der Waals surface area contributed by atoms with Crippen LogP contribution >= 0.6 is 0 Å². The van der Waals surface area contributed by atoms with E-state index in [1.165, 1.54) is 5.56 Å². The van der Waals surface area contributed by atoms with Crippen molar-refractivity contribution in [2.75, 3.05) is 26.9 Å². The Morgan fingerprint density at radius 3 is 1.87 bits per heavy atom. The van der Waals surface area contributed by atoms with Crippen LogP contribution in [0, 0.1) is 0 Å². The summed E-state index contributed by atoms with van der Waals surface area (Å²) < 4.78 is 10.6. The molecule has 1 rings (SSSR count). The SMILES string of the molecule is COCCc1ccc(OCC(O)CNC(C)C)cc1.O=C(O)C(O)C(O)C(=O)O.[Cl-].[K+]. The number of aliphatic hydroxyl groups excluding tert-OH is 3. The summed E-state index contributed by atoms with van der Waals surface area (Å²) in [6.45, 7) is 5.67. The number of methoxy groups -OCH3 is 1. The summed E-state index contributed by atoms with van der Waals surface area (Å²) in [6, 6.07) is 8.26. The Balaban J connectivity index is -0.000000563. The van der Waals surface area contributed by atoms with Crippen LogP contribution in [0.2, 0.25) is 0 Å². The summed E-state index contributed by atoms with van der Waals surface area (Å²) in [4.78, 5) is 19.5. The number of carboxylic acid groups (broad SMARTS) is 2. The summed E-state index contributed by atoms with van der Waals surface area (Å²) >= 11 is 0. The van der Waals surface area contributed by atoms with Gasteiger partial charge in [-0.3, -0.25) is 0 Å². The van der Waals surface area contributed by atoms with E-state index in [0.29, 0.717) is 19.2 Å². The van der Waals surface area contributed by atoms with Crippen LogP contribution in [-0.4, -0.2) is 88.7 Å². The van der Waals surface area contributed by atoms with Gasteiger partial charge in [0, 0.05) is 19.7 Å². The first kappa shape index (κ1) is 35.3. The number of carboxylic acids is 2. The van der Waals surface area contributed by atoms with Crippen LogP contribution in [-0.2, 0) is 20.7 Å². The van der Waals surface area contributed by atoms with Gasteiger partial charge in [0.1, 0.15) is 18.5 Å². The molecule has 0 amide bonds. The van der Waals surface area contributed by atoms with Crippen molar-refractivity contribution in [3.63, 3.8) is 0 Å². The summed E-state index contributed by atoms with van der Waals surface area (Å²) in [5, 5.41) is 45.4. The molecule has 10 nitrogen and oxygen atoms in total. The van der Waals surface area contributed by atoms with Crippen molar-refractivity contribution in [2.24, 2.45) is 0 Å². The van der Waals surface area contributed by atoms with Crippen LogP contribution in [0.3, 0.4) is 0 Å². The van der Waals surface area contributed by atoms with Gasteiger partial charge in [-0.1, -0.05) is 26.0 Å². The maximum absolute atomic E-state index is 9.77. The summed E-state index contributed by atoms with van der Waals surface area (Å²) in [5.74, 6) is -2.76. The molecule has 0 aliphatic carbocycles. The van der Waals surface area contributed by atoms with Crippen molar-refractivity contribution in [3.05, 3.63) is 29.8 Å². The molecule has 31 heavy (non-hydrogen) atoms. The van der Waals surface area contributed by atoms with E-state index < -0.39 is 30.3 Å². The second-order valence-corrected chi connectivity index (χ2v) is 6.48. The molecule has 0 aliphatic heterocycles. The van der Waals surface area contributed by atoms with Gasteiger partial charge in [-0.25, -0.2) is 9.59 Å². The number of halogens is 1. The first-order chi connectivity index (χ1) is 13.6. The zero-order valence-electron chi connectivity index (χ0n) is 18.2. The summed E-state index contributed by atoms with van der Waals surface area (Å²) in [7, 11) is 1.70. The average molecular weight is 492 g/mol. The molecular weight excluding hydrogens is 461 g/mol. The zero-order chi connectivity index (χ0) is 22.4. The number of nitrogens with one attached hydrogen (secondary N) is 1. The average Bonchev–Trinajstić information content (AvgIpc) is 2.68. The Kier molecular flexibility index (Phi) is 23.1. The minimum absolute atomic E-state index is 0. The summed E-state index contributed by atoms with van der Waals surface area (Å²) in [5.41, 5.74) is 1.22. The quantitative estimate of drug-likeness (QED) is 0.155. The second-order valence-electron chi connectivity index (χ2n) is 6.48. The Bertz CT molecular complexity index is 587. The number of aliphatic hydroxyl groups is 3. The number of ether oxygens (including phenoxy) is 2. The topological polar surface area (TPSA) is 166 Å². The molecule has 1 aromatic rings. The fourth-order valence-electron chi connectivity index (χ4n) is 1.87. The van der Waals surface area contributed by atoms with Gasteiger partial charge in [0.25, 0.3) is 0 Å². The molecule has 3 unspecified atom stereocenters. The predicted molar refractivity (Wildman–Crippen MR) is 104 cm³/mol. The molecular formula is C19H31ClKNO9. The molecule has 1 aromatic carbocycles. The molecule has 0 saturated carbocycles. The van der Waals surface area contributed by atoms with Gasteiger partial charge in [-0.05, 0) is 24.1 Å². The number of hydrogen-bond acceptors (Lipinski definition) is 8. The van der Waals surface area contributed by atoms with Crippen LogP contribution in [0.15, 0.2) is 24.3 Å². The van der Waals surface area contributed by atoms with E-state index in [1.54, 1.807) is 7.11 Å². The molecule has 0 aromatic heterocycles. The van der Waals surface area contributed by atoms with Crippen molar-refractivity contribution in [2.45, 2.75) is 44.6 Å². The number of carbonyl (C=O) groups is 2. The molecule has 0 bridgehead atoms. The molecule has 0 radical (unpaired) electrons. The minimum atomic E-state index is -2.27. The maximum Gasteiger partial charge on any atom is 1.00 e. The van der Waals surface area contributed by atoms with Gasteiger partial charge in [-0.15, -0.1) is 0 Å². The van der Waals surface area contributed by atoms with Gasteiger partial charge in [-0.2, -0.15) is 0 Å². The third kappa shape index (κ3) is 17.9. The van der Waals surface area contributed by atoms with Gasteiger partial charge in [0.2, 0.25) is 0 Å². The molecule has 0 aliphatic rings. The van der Waals surface area contributed by atoms with E-state index in [9.17, 15) is 14.7 Å². The fourth-order valence-corrected chi connectivity index (χ4v) is 1.87. The van der Waals surface area contributed by atoms with Crippen molar-refractivity contribution in [1.82, 2.24) is 5.32 Å². The fraction of sp³-hybridized carbons (Fsp3) is 0.579. The van der Waals surface area contributed by atoms with Gasteiger partial charge < -0.3 is 52.7 Å². The van der Waals surface area contributed by atoms with Gasteiger partial charge in [0.05, 0.1) is 6.61 Å². The standard InChI is InChI=1S/C15H25NO3.C4H6O6.ClH.K/c1-12(2)16-10-14(17)11-19-15-6-4-13(5-7-15)8-9-18-3;5-1(3(7)8)2(6)4(9)10;;/h4-7,12,14,16-17H,8-11H2,1-3H3;1-2,5-6H,(H,7,8)(H,9,10);1H;/q;;;+1/p-1. The molecule has 174 valence electrons. The smallest absolute Gasteiger partial charge is 1.00 e. The van der Waals surface area contributed by atoms with E-state index in [0.717, 1.165) is 18.8 Å². The Morgan fingerprint density at radius 2 is 1.48 bits per heavy atom. The zero-order valence-corrected chi connectivity index (χ0v) is 22.1. The maximum atomic E-state index is 9.77. The Hall–Kier alpha value is -0.314. The van der Waals surface area contributed by atoms with Crippen LogP contribution in [0.25, 0.3) is 0 Å². The largest absolute Gasteiger partial charge is 1.00 e. The molecule has 3 atom stereocenters. The number of aliphatic carboxylic acids is 2. The normalized spacial score (nSPS) is 12.9. The predicted octanol–water partition coefficient (Wildman–Crippen LogP) is -6.50. The monoisotopic (exact) mass is 491 g/mol. The van der Waals surface area contributed by atoms with Gasteiger partial charge in [0.15, 0.2) is 12.2 Å². The molecule has 6 N–H and O–H groups in total. The molecule has 0 saturated heterocycles. The van der Waals surface area contributed by atoms with Gasteiger partial charge >= 0.3 is 63.3 Å². The van der Waals surface area contributed by atoms with Crippen LogP contribution in [0.1, 0.15) is 19.4 Å². The molecule has 12 heteroatoms. The Morgan fingerprint density at radius 1 is 1.00 bits per heavy atom. The third-order valence-electron chi connectivity index (χ3n) is 3.53. The minimum Gasteiger partial charge on any atom is -1.00 e. The van der Waals surface area contributed by atoms with Crippen LogP contribution in [0.5, 0.6) is 5.75 Å². The second kappa shape index (κ2) is 20.3. The van der Waals surface area contributed by atoms with Crippen molar-refractivity contribution < 1.29 is 108 Å². The Labute approximate surface area is 230 Å². The van der Waals surface area contributed by atoms with E-state index in [4.69, 9.17) is 29.9 Å². The van der Waals surface area contributed by atoms with Crippen LogP contribution < -0.4 is 73.8 Å². The van der Waals surface area contributed by atoms with E-state index in [-0.39, 0.29) is 63.8 Å². The first-order valence-electron chi connectivity index (χ1n) is 9.02. The van der Waals surface area contributed by atoms with Crippen molar-refractivity contribution >= 4 is 11.9 Å². The molecule has 0 fully saturated rings. The molecule has 0 spiro atoms. The van der Waals surface area contributed by atoms with E-state index >= 15 is 0 Å². The van der Waals surface area contributed by atoms with Crippen LogP contribution in [0.4, 0.5) is 0 Å². The molecule has 0 heterocycles. The van der Waals surface area contributed by atoms with Crippen molar-refractivity contribution in [1.29, 1.82) is 0 Å². The van der Waals surface area contributed by atoms with E-state index in [1.807, 2.05) is 38.1 Å². The van der Waals surface area contributed by atoms with Crippen molar-refractivity contribution in [3.8, 4) is 5.75 Å². The van der Waals surface area contributed by atoms with E-state index in [2.05, 4.69) is 5.32 Å². The third-order valence-corrected chi connectivity index (χ3v) is 3.53.